The van der Waals surface area contributed by atoms with E-state index < -0.39 is 0 Å². The van der Waals surface area contributed by atoms with Crippen molar-refractivity contribution in [3.8, 4) is 0 Å². The van der Waals surface area contributed by atoms with Gasteiger partial charge in [-0.15, -0.1) is 11.8 Å². The molecule has 0 saturated heterocycles. The first kappa shape index (κ1) is 11.8. The van der Waals surface area contributed by atoms with Crippen LogP contribution in [0.25, 0.3) is 0 Å². The van der Waals surface area contributed by atoms with Crippen molar-refractivity contribution in [2.24, 2.45) is 0 Å². The highest BCUT2D eigenvalue weighted by Crippen LogP contribution is 2.40. The second kappa shape index (κ2) is 4.78. The van der Waals surface area contributed by atoms with E-state index in [4.69, 9.17) is 0 Å². The number of carbonyl (C=O) groups is 1. The third kappa shape index (κ3) is 2.18. The summed E-state index contributed by atoms with van der Waals surface area (Å²) in [5.41, 5.74) is 2.19. The number of thioether (sulfide) groups is 1. The molecule has 2 N–H and O–H groups in total. The number of H-pyrrole nitrogens is 1. The maximum absolute atomic E-state index is 11.6. The number of halogens is 1. The fourth-order valence-corrected chi connectivity index (χ4v) is 3.29. The van der Waals surface area contributed by atoms with Gasteiger partial charge in [-0.1, -0.05) is 28.1 Å². The first-order chi connectivity index (χ1) is 8.74. The van der Waals surface area contributed by atoms with Crippen LogP contribution in [0.2, 0.25) is 0 Å². The van der Waals surface area contributed by atoms with E-state index in [9.17, 15) is 4.79 Å². The summed E-state index contributed by atoms with van der Waals surface area (Å²) in [7, 11) is 0. The SMILES string of the molecule is O=C1CS[C@H](c2ccc(Br)cc2)c2cn[nH]c2N1. The largest absolute Gasteiger partial charge is 0.310 e. The van der Waals surface area contributed by atoms with Gasteiger partial charge in [0.15, 0.2) is 0 Å². The molecule has 0 aliphatic carbocycles. The summed E-state index contributed by atoms with van der Waals surface area (Å²) < 4.78 is 1.05. The zero-order chi connectivity index (χ0) is 12.5. The van der Waals surface area contributed by atoms with Gasteiger partial charge < -0.3 is 5.32 Å². The monoisotopic (exact) mass is 323 g/mol. The number of fused-ring (bicyclic) bond motifs is 1. The average molecular weight is 324 g/mol. The van der Waals surface area contributed by atoms with Gasteiger partial charge in [-0.3, -0.25) is 9.89 Å². The van der Waals surface area contributed by atoms with Crippen LogP contribution in [0.15, 0.2) is 34.9 Å². The van der Waals surface area contributed by atoms with E-state index in [2.05, 4.69) is 43.6 Å². The maximum Gasteiger partial charge on any atom is 0.235 e. The maximum atomic E-state index is 11.6. The lowest BCUT2D eigenvalue weighted by Crippen LogP contribution is -2.12. The number of nitrogens with zero attached hydrogens (tertiary/aromatic N) is 1. The molecular weight excluding hydrogens is 314 g/mol. The summed E-state index contributed by atoms with van der Waals surface area (Å²) in [6.45, 7) is 0. The van der Waals surface area contributed by atoms with Crippen LogP contribution in [0.5, 0.6) is 0 Å². The van der Waals surface area contributed by atoms with E-state index in [0.29, 0.717) is 11.6 Å². The molecule has 2 heterocycles. The van der Waals surface area contributed by atoms with Gasteiger partial charge in [0.25, 0.3) is 0 Å². The third-order valence-corrected chi connectivity index (χ3v) is 4.59. The molecule has 0 bridgehead atoms. The Morgan fingerprint density at radius 2 is 2.11 bits per heavy atom. The number of nitrogens with one attached hydrogen (secondary N) is 2. The molecular formula is C12H10BrN3OS. The second-order valence-electron chi connectivity index (χ2n) is 3.99. The topological polar surface area (TPSA) is 57.8 Å². The Kier molecular flexibility index (Phi) is 3.13. The molecule has 0 spiro atoms. The number of aromatic amines is 1. The summed E-state index contributed by atoms with van der Waals surface area (Å²) in [5.74, 6) is 1.16. The molecule has 3 rings (SSSR count). The Morgan fingerprint density at radius 3 is 2.89 bits per heavy atom. The van der Waals surface area contributed by atoms with Crippen molar-refractivity contribution < 1.29 is 4.79 Å². The molecule has 0 radical (unpaired) electrons. The summed E-state index contributed by atoms with van der Waals surface area (Å²) in [6, 6.07) is 8.15. The lowest BCUT2D eigenvalue weighted by Gasteiger charge is -2.13. The van der Waals surface area contributed by atoms with Gasteiger partial charge in [0.2, 0.25) is 5.91 Å². The van der Waals surface area contributed by atoms with E-state index in [1.54, 1.807) is 18.0 Å². The van der Waals surface area contributed by atoms with E-state index in [0.717, 1.165) is 10.0 Å². The van der Waals surface area contributed by atoms with Crippen molar-refractivity contribution >= 4 is 39.4 Å². The molecule has 0 fully saturated rings. The van der Waals surface area contributed by atoms with Gasteiger partial charge in [-0.2, -0.15) is 5.10 Å². The van der Waals surface area contributed by atoms with Gasteiger partial charge in [-0.05, 0) is 17.7 Å². The second-order valence-corrected chi connectivity index (χ2v) is 6.00. The molecule has 1 aromatic carbocycles. The first-order valence-electron chi connectivity index (χ1n) is 5.44. The summed E-state index contributed by atoms with van der Waals surface area (Å²) in [4.78, 5) is 11.6. The molecule has 1 aliphatic rings. The van der Waals surface area contributed by atoms with Crippen molar-refractivity contribution in [2.75, 3.05) is 11.1 Å². The van der Waals surface area contributed by atoms with Crippen LogP contribution in [-0.2, 0) is 4.79 Å². The number of rotatable bonds is 1. The zero-order valence-electron chi connectivity index (χ0n) is 9.31. The number of benzene rings is 1. The van der Waals surface area contributed by atoms with Crippen molar-refractivity contribution in [1.29, 1.82) is 0 Å². The normalized spacial score (nSPS) is 18.9. The molecule has 6 heteroatoms. The molecule has 2 aromatic rings. The molecule has 0 unspecified atom stereocenters. The van der Waals surface area contributed by atoms with Crippen molar-refractivity contribution in [3.63, 3.8) is 0 Å². The van der Waals surface area contributed by atoms with Crippen molar-refractivity contribution in [2.45, 2.75) is 5.25 Å². The molecule has 1 amide bonds. The third-order valence-electron chi connectivity index (χ3n) is 2.77. The smallest absolute Gasteiger partial charge is 0.235 e. The Labute approximate surface area is 117 Å². The highest BCUT2D eigenvalue weighted by atomic mass is 79.9. The quantitative estimate of drug-likeness (QED) is 0.848. The summed E-state index contributed by atoms with van der Waals surface area (Å²) in [6.07, 6.45) is 1.78. The predicted molar refractivity (Wildman–Crippen MR) is 75.7 cm³/mol. The van der Waals surface area contributed by atoms with E-state index >= 15 is 0 Å². The predicted octanol–water partition coefficient (Wildman–Crippen LogP) is 2.95. The fraction of sp³-hybridized carbons (Fsp3) is 0.167. The van der Waals surface area contributed by atoms with E-state index in [-0.39, 0.29) is 11.2 Å². The molecule has 4 nitrogen and oxygen atoms in total. The van der Waals surface area contributed by atoms with Crippen LogP contribution in [0, 0.1) is 0 Å². The minimum Gasteiger partial charge on any atom is -0.310 e. The Hall–Kier alpha value is -1.27. The molecule has 1 atom stereocenters. The van der Waals surface area contributed by atoms with E-state index in [1.807, 2.05) is 12.1 Å². The number of aromatic nitrogens is 2. The van der Waals surface area contributed by atoms with Crippen LogP contribution in [0.3, 0.4) is 0 Å². The zero-order valence-corrected chi connectivity index (χ0v) is 11.7. The lowest BCUT2D eigenvalue weighted by atomic mass is 10.1. The lowest BCUT2D eigenvalue weighted by molar-refractivity contribution is -0.113. The number of amides is 1. The molecule has 1 aliphatic heterocycles. The standard InChI is InChI=1S/C12H10BrN3OS/c13-8-3-1-7(2-4-8)11-9-5-14-16-12(9)15-10(17)6-18-11/h1-5,11H,6H2,(H2,14,15,16,17)/t11-/m1/s1. The highest BCUT2D eigenvalue weighted by Gasteiger charge is 2.25. The number of hydrogen-bond donors (Lipinski definition) is 2. The minimum atomic E-state index is 0.00473. The van der Waals surface area contributed by atoms with Crippen LogP contribution >= 0.6 is 27.7 Å². The fourth-order valence-electron chi connectivity index (χ4n) is 1.93. The van der Waals surface area contributed by atoms with Crippen molar-refractivity contribution in [1.82, 2.24) is 10.2 Å². The van der Waals surface area contributed by atoms with Gasteiger partial charge in [0.05, 0.1) is 17.2 Å². The number of carbonyl (C=O) groups excluding carboxylic acids is 1. The molecule has 0 saturated carbocycles. The van der Waals surface area contributed by atoms with Crippen LogP contribution in [-0.4, -0.2) is 21.9 Å². The van der Waals surface area contributed by atoms with Gasteiger partial charge in [0.1, 0.15) is 5.82 Å². The first-order valence-corrected chi connectivity index (χ1v) is 7.28. The van der Waals surface area contributed by atoms with Crippen LogP contribution in [0.1, 0.15) is 16.4 Å². The number of anilines is 1. The van der Waals surface area contributed by atoms with Gasteiger partial charge >= 0.3 is 0 Å². The molecule has 1 aromatic heterocycles. The van der Waals surface area contributed by atoms with Crippen molar-refractivity contribution in [3.05, 3.63) is 46.1 Å². The van der Waals surface area contributed by atoms with Crippen LogP contribution < -0.4 is 5.32 Å². The minimum absolute atomic E-state index is 0.00473. The highest BCUT2D eigenvalue weighted by molar-refractivity contribution is 9.10. The van der Waals surface area contributed by atoms with Crippen LogP contribution in [0.4, 0.5) is 5.82 Å². The summed E-state index contributed by atoms with van der Waals surface area (Å²) in [5, 5.41) is 9.80. The average Bonchev–Trinajstić information content (AvgIpc) is 2.74. The Morgan fingerprint density at radius 1 is 1.33 bits per heavy atom. The van der Waals surface area contributed by atoms with Gasteiger partial charge in [0, 0.05) is 10.0 Å². The Bertz CT molecular complexity index is 581. The van der Waals surface area contributed by atoms with E-state index in [1.165, 1.54) is 5.56 Å². The molecule has 18 heavy (non-hydrogen) atoms. The summed E-state index contributed by atoms with van der Waals surface area (Å²) >= 11 is 5.04. The molecule has 92 valence electrons. The van der Waals surface area contributed by atoms with Gasteiger partial charge in [-0.25, -0.2) is 0 Å². The number of hydrogen-bond acceptors (Lipinski definition) is 3. The Balaban J connectivity index is 2.02.